The lowest BCUT2D eigenvalue weighted by atomic mass is 10.2. The Kier molecular flexibility index (Phi) is 7.79. The number of anilines is 2. The molecule has 0 aliphatic rings. The van der Waals surface area contributed by atoms with Crippen LogP contribution in [0.5, 0.6) is 0 Å². The second-order valence-corrected chi connectivity index (χ2v) is 6.18. The van der Waals surface area contributed by atoms with Gasteiger partial charge in [0.1, 0.15) is 0 Å². The molecule has 27 heavy (non-hydrogen) atoms. The SMILES string of the molecule is CCCN(CCC)C(=O)c1cncc(Nc2ccc(C(=O)OCC)cc2)c1. The molecule has 6 heteroatoms. The summed E-state index contributed by atoms with van der Waals surface area (Å²) in [5, 5.41) is 3.21. The van der Waals surface area contributed by atoms with Gasteiger partial charge >= 0.3 is 5.97 Å². The van der Waals surface area contributed by atoms with Crippen LogP contribution < -0.4 is 5.32 Å². The van der Waals surface area contributed by atoms with Gasteiger partial charge in [0.15, 0.2) is 0 Å². The third-order valence-corrected chi connectivity index (χ3v) is 3.94. The Bertz CT molecular complexity index is 754. The largest absolute Gasteiger partial charge is 0.462 e. The predicted molar refractivity (Wildman–Crippen MR) is 106 cm³/mol. The van der Waals surface area contributed by atoms with Crippen LogP contribution in [0.15, 0.2) is 42.7 Å². The number of carbonyl (C=O) groups excluding carboxylic acids is 2. The maximum atomic E-state index is 12.7. The number of ether oxygens (including phenoxy) is 1. The van der Waals surface area contributed by atoms with Crippen molar-refractivity contribution in [1.82, 2.24) is 9.88 Å². The average Bonchev–Trinajstić information content (AvgIpc) is 2.68. The van der Waals surface area contributed by atoms with Gasteiger partial charge < -0.3 is 15.0 Å². The van der Waals surface area contributed by atoms with E-state index in [-0.39, 0.29) is 11.9 Å². The minimum Gasteiger partial charge on any atom is -0.462 e. The van der Waals surface area contributed by atoms with Crippen LogP contribution in [0.4, 0.5) is 11.4 Å². The summed E-state index contributed by atoms with van der Waals surface area (Å²) < 4.78 is 4.98. The Labute approximate surface area is 160 Å². The number of aromatic nitrogens is 1. The van der Waals surface area contributed by atoms with E-state index in [0.717, 1.165) is 37.3 Å². The van der Waals surface area contributed by atoms with Crippen LogP contribution >= 0.6 is 0 Å². The second-order valence-electron chi connectivity index (χ2n) is 6.18. The van der Waals surface area contributed by atoms with E-state index in [1.54, 1.807) is 49.6 Å². The normalized spacial score (nSPS) is 10.3. The molecule has 1 N–H and O–H groups in total. The molecule has 0 atom stereocenters. The fraction of sp³-hybridized carbons (Fsp3) is 0.381. The van der Waals surface area contributed by atoms with Crippen molar-refractivity contribution in [3.8, 4) is 0 Å². The topological polar surface area (TPSA) is 71.5 Å². The molecular formula is C21H27N3O3. The molecule has 1 heterocycles. The molecule has 0 saturated carbocycles. The van der Waals surface area contributed by atoms with Crippen molar-refractivity contribution in [2.75, 3.05) is 25.0 Å². The van der Waals surface area contributed by atoms with E-state index in [9.17, 15) is 9.59 Å². The molecule has 0 bridgehead atoms. The van der Waals surface area contributed by atoms with E-state index in [1.165, 1.54) is 0 Å². The molecule has 0 aliphatic heterocycles. The lowest BCUT2D eigenvalue weighted by Gasteiger charge is -2.21. The minimum absolute atomic E-state index is 0.00694. The Morgan fingerprint density at radius 3 is 2.22 bits per heavy atom. The van der Waals surface area contributed by atoms with E-state index < -0.39 is 0 Å². The van der Waals surface area contributed by atoms with Crippen LogP contribution in [0, 0.1) is 0 Å². The first kappa shape index (κ1) is 20.4. The lowest BCUT2D eigenvalue weighted by Crippen LogP contribution is -2.32. The van der Waals surface area contributed by atoms with Crippen molar-refractivity contribution in [2.45, 2.75) is 33.6 Å². The number of esters is 1. The molecule has 0 spiro atoms. The fourth-order valence-corrected chi connectivity index (χ4v) is 2.73. The van der Waals surface area contributed by atoms with Crippen LogP contribution in [-0.4, -0.2) is 41.5 Å². The highest BCUT2D eigenvalue weighted by molar-refractivity contribution is 5.95. The average molecular weight is 369 g/mol. The van der Waals surface area contributed by atoms with E-state index in [2.05, 4.69) is 24.1 Å². The molecule has 2 aromatic rings. The van der Waals surface area contributed by atoms with Crippen LogP contribution in [-0.2, 0) is 4.74 Å². The van der Waals surface area contributed by atoms with Gasteiger partial charge in [-0.3, -0.25) is 9.78 Å². The van der Waals surface area contributed by atoms with Gasteiger partial charge in [-0.05, 0) is 50.1 Å². The summed E-state index contributed by atoms with van der Waals surface area (Å²) in [6.07, 6.45) is 5.10. The molecule has 6 nitrogen and oxygen atoms in total. The third kappa shape index (κ3) is 5.81. The summed E-state index contributed by atoms with van der Waals surface area (Å²) >= 11 is 0. The van der Waals surface area contributed by atoms with Crippen LogP contribution in [0.3, 0.4) is 0 Å². The quantitative estimate of drug-likeness (QED) is 0.669. The number of hydrogen-bond acceptors (Lipinski definition) is 5. The fourth-order valence-electron chi connectivity index (χ4n) is 2.73. The number of rotatable bonds is 9. The first-order valence-electron chi connectivity index (χ1n) is 9.37. The van der Waals surface area contributed by atoms with Crippen molar-refractivity contribution in [3.05, 3.63) is 53.9 Å². The summed E-state index contributed by atoms with van der Waals surface area (Å²) in [4.78, 5) is 30.5. The molecule has 1 amide bonds. The van der Waals surface area contributed by atoms with Gasteiger partial charge in [-0.1, -0.05) is 13.8 Å². The van der Waals surface area contributed by atoms with Gasteiger partial charge in [0.05, 0.1) is 29.6 Å². The number of amides is 1. The van der Waals surface area contributed by atoms with E-state index in [0.29, 0.717) is 17.7 Å². The van der Waals surface area contributed by atoms with Gasteiger partial charge in [0, 0.05) is 25.0 Å². The molecule has 0 aliphatic carbocycles. The monoisotopic (exact) mass is 369 g/mol. The second kappa shape index (κ2) is 10.3. The van der Waals surface area contributed by atoms with Crippen molar-refractivity contribution in [1.29, 1.82) is 0 Å². The first-order valence-corrected chi connectivity index (χ1v) is 9.37. The van der Waals surface area contributed by atoms with Gasteiger partial charge in [0.25, 0.3) is 5.91 Å². The highest BCUT2D eigenvalue weighted by atomic mass is 16.5. The predicted octanol–water partition coefficient (Wildman–Crippen LogP) is 4.26. The Morgan fingerprint density at radius 1 is 0.963 bits per heavy atom. The van der Waals surface area contributed by atoms with Crippen molar-refractivity contribution >= 4 is 23.3 Å². The first-order chi connectivity index (χ1) is 13.1. The molecule has 0 saturated heterocycles. The Hall–Kier alpha value is -2.89. The van der Waals surface area contributed by atoms with Crippen molar-refractivity contribution < 1.29 is 14.3 Å². The molecule has 0 radical (unpaired) electrons. The van der Waals surface area contributed by atoms with Gasteiger partial charge in [0.2, 0.25) is 0 Å². The summed E-state index contributed by atoms with van der Waals surface area (Å²) in [5.74, 6) is -0.349. The van der Waals surface area contributed by atoms with Crippen LogP contribution in [0.1, 0.15) is 54.3 Å². The number of carbonyl (C=O) groups is 2. The van der Waals surface area contributed by atoms with Crippen LogP contribution in [0.2, 0.25) is 0 Å². The zero-order valence-corrected chi connectivity index (χ0v) is 16.2. The number of hydrogen-bond donors (Lipinski definition) is 1. The number of pyridine rings is 1. The summed E-state index contributed by atoms with van der Waals surface area (Å²) in [6.45, 7) is 7.72. The molecule has 2 rings (SSSR count). The smallest absolute Gasteiger partial charge is 0.338 e. The molecule has 144 valence electrons. The molecule has 0 unspecified atom stereocenters. The summed E-state index contributed by atoms with van der Waals surface area (Å²) in [6, 6.07) is 8.79. The molecule has 0 fully saturated rings. The highest BCUT2D eigenvalue weighted by Crippen LogP contribution is 2.19. The van der Waals surface area contributed by atoms with Crippen LogP contribution in [0.25, 0.3) is 0 Å². The van der Waals surface area contributed by atoms with Gasteiger partial charge in [-0.15, -0.1) is 0 Å². The van der Waals surface area contributed by atoms with E-state index in [4.69, 9.17) is 4.74 Å². The Morgan fingerprint density at radius 2 is 1.63 bits per heavy atom. The van der Waals surface area contributed by atoms with E-state index in [1.807, 2.05) is 4.90 Å². The summed E-state index contributed by atoms with van der Waals surface area (Å²) in [5.41, 5.74) is 2.58. The van der Waals surface area contributed by atoms with Gasteiger partial charge in [-0.2, -0.15) is 0 Å². The maximum Gasteiger partial charge on any atom is 0.338 e. The lowest BCUT2D eigenvalue weighted by molar-refractivity contribution is 0.0526. The standard InChI is InChI=1S/C21H27N3O3/c1-4-11-24(12-5-2)20(25)17-13-19(15-22-14-17)23-18-9-7-16(8-10-18)21(26)27-6-3/h7-10,13-15,23H,4-6,11-12H2,1-3H3. The number of nitrogens with one attached hydrogen (secondary N) is 1. The number of nitrogens with zero attached hydrogens (tertiary/aromatic N) is 2. The van der Waals surface area contributed by atoms with Gasteiger partial charge in [-0.25, -0.2) is 4.79 Å². The third-order valence-electron chi connectivity index (χ3n) is 3.94. The molecular weight excluding hydrogens is 342 g/mol. The number of benzene rings is 1. The van der Waals surface area contributed by atoms with Crippen molar-refractivity contribution in [2.24, 2.45) is 0 Å². The van der Waals surface area contributed by atoms with E-state index >= 15 is 0 Å². The maximum absolute atomic E-state index is 12.7. The minimum atomic E-state index is -0.342. The highest BCUT2D eigenvalue weighted by Gasteiger charge is 2.15. The summed E-state index contributed by atoms with van der Waals surface area (Å²) in [7, 11) is 0. The zero-order valence-electron chi connectivity index (χ0n) is 16.2. The zero-order chi connectivity index (χ0) is 19.6. The molecule has 1 aromatic heterocycles. The Balaban J connectivity index is 2.11. The van der Waals surface area contributed by atoms with Crippen molar-refractivity contribution in [3.63, 3.8) is 0 Å². The molecule has 1 aromatic carbocycles.